The second-order valence-corrected chi connectivity index (χ2v) is 20.2. The lowest BCUT2D eigenvalue weighted by atomic mass is 10.0. The number of carbonyl (C=O) groups excluding carboxylic acids is 3. The van der Waals surface area contributed by atoms with E-state index in [1.165, 1.54) is 57.8 Å². The van der Waals surface area contributed by atoms with Crippen molar-refractivity contribution in [1.82, 2.24) is 0 Å². The van der Waals surface area contributed by atoms with Crippen molar-refractivity contribution >= 4 is 17.9 Å². The van der Waals surface area contributed by atoms with Gasteiger partial charge in [-0.15, -0.1) is 0 Å². The molecule has 0 aromatic heterocycles. The van der Waals surface area contributed by atoms with Crippen molar-refractivity contribution in [3.05, 3.63) is 182 Å². The summed E-state index contributed by atoms with van der Waals surface area (Å²) in [6, 6.07) is 0. The molecule has 0 heterocycles. The largest absolute Gasteiger partial charge is 0.462 e. The topological polar surface area (TPSA) is 78.9 Å². The highest BCUT2D eigenvalue weighted by Crippen LogP contribution is 2.14. The SMILES string of the molecule is CC/C=C\C/C=C\C/C=C\C/C=C\C/C=C\C/C=C\C/C=C\C/C=C\C/C=C\CCCC(=O)OCC(COC(=O)CCCCCCCCCCCCCC)OC(=O)CCCC/C=C\C/C=C\C/C=C\C/C=C\C/C=C\C/C=C\CC. The van der Waals surface area contributed by atoms with Gasteiger partial charge in [0.05, 0.1) is 0 Å². The molecule has 0 radical (unpaired) electrons. The maximum atomic E-state index is 12.9. The quantitative estimate of drug-likeness (QED) is 0.0261. The van der Waals surface area contributed by atoms with E-state index >= 15 is 0 Å². The highest BCUT2D eigenvalue weighted by Gasteiger charge is 2.19. The minimum atomic E-state index is -0.834. The fourth-order valence-corrected chi connectivity index (χ4v) is 7.98. The number of hydrogen-bond donors (Lipinski definition) is 0. The minimum absolute atomic E-state index is 0.121. The summed E-state index contributed by atoms with van der Waals surface area (Å²) >= 11 is 0. The van der Waals surface area contributed by atoms with Crippen LogP contribution in [0.15, 0.2) is 182 Å². The van der Waals surface area contributed by atoms with Crippen LogP contribution in [0.2, 0.25) is 0 Å². The van der Waals surface area contributed by atoms with Crippen LogP contribution in [0.5, 0.6) is 0 Å². The second-order valence-electron chi connectivity index (χ2n) is 20.2. The summed E-state index contributed by atoms with van der Waals surface area (Å²) in [6.45, 7) is 6.31. The highest BCUT2D eigenvalue weighted by molar-refractivity contribution is 5.71. The molecular formula is C74H114O6. The Balaban J connectivity index is 4.53. The van der Waals surface area contributed by atoms with Crippen LogP contribution >= 0.6 is 0 Å². The molecule has 0 bridgehead atoms. The van der Waals surface area contributed by atoms with Crippen molar-refractivity contribution in [1.29, 1.82) is 0 Å². The predicted molar refractivity (Wildman–Crippen MR) is 348 cm³/mol. The Morgan fingerprint density at radius 1 is 0.263 bits per heavy atom. The Hall–Kier alpha value is -5.49. The van der Waals surface area contributed by atoms with E-state index < -0.39 is 6.10 Å². The van der Waals surface area contributed by atoms with Crippen LogP contribution in [0, 0.1) is 0 Å². The molecule has 6 heteroatoms. The summed E-state index contributed by atoms with van der Waals surface area (Å²) < 4.78 is 16.8. The van der Waals surface area contributed by atoms with Crippen molar-refractivity contribution in [2.45, 2.75) is 252 Å². The molecule has 0 amide bonds. The first-order valence-electron chi connectivity index (χ1n) is 31.8. The molecule has 0 N–H and O–H groups in total. The molecule has 0 aliphatic heterocycles. The van der Waals surface area contributed by atoms with Gasteiger partial charge in [-0.3, -0.25) is 14.4 Å². The summed E-state index contributed by atoms with van der Waals surface area (Å²) in [5.41, 5.74) is 0. The average molecular weight is 1100 g/mol. The molecule has 0 saturated heterocycles. The summed E-state index contributed by atoms with van der Waals surface area (Å²) in [5.74, 6) is -1.04. The Morgan fingerprint density at radius 2 is 0.500 bits per heavy atom. The van der Waals surface area contributed by atoms with Crippen molar-refractivity contribution in [2.24, 2.45) is 0 Å². The second kappa shape index (κ2) is 66.0. The van der Waals surface area contributed by atoms with Crippen LogP contribution in [-0.2, 0) is 28.6 Å². The molecule has 1 unspecified atom stereocenters. The average Bonchev–Trinajstić information content (AvgIpc) is 3.46. The predicted octanol–water partition coefficient (Wildman–Crippen LogP) is 22.0. The number of unbranched alkanes of at least 4 members (excludes halogenated alkanes) is 14. The van der Waals surface area contributed by atoms with Crippen molar-refractivity contribution < 1.29 is 28.6 Å². The van der Waals surface area contributed by atoms with Crippen LogP contribution in [0.1, 0.15) is 245 Å². The molecule has 0 spiro atoms. The third kappa shape index (κ3) is 63.3. The first kappa shape index (κ1) is 74.5. The zero-order valence-corrected chi connectivity index (χ0v) is 51.0. The van der Waals surface area contributed by atoms with E-state index in [1.807, 2.05) is 0 Å². The number of allylic oxidation sites excluding steroid dienone is 30. The molecule has 6 nitrogen and oxygen atoms in total. The van der Waals surface area contributed by atoms with Gasteiger partial charge in [0.1, 0.15) is 13.2 Å². The highest BCUT2D eigenvalue weighted by atomic mass is 16.6. The standard InChI is InChI=1S/C74H114O6/c1-4-7-10-13-16-19-22-25-27-29-31-33-34-35-36-37-38-39-40-42-43-45-47-49-52-55-58-61-64-67-73(76)79-70-71(69-78-72(75)66-63-60-57-54-51-24-21-18-15-12-9-6-3)80-74(77)68-65-62-59-56-53-50-48-46-44-41-32-30-28-26-23-20-17-14-11-8-5-2/h7-8,10-11,16-17,19-20,25-28,31-33,35-36,38-39,41-43,46-49,53,55-56,58,71H,4-6,9,12-15,18,21-24,29-30,34,37,40,44-45,50-52,54,57,59-70H2,1-3H3/b10-7-,11-8-,19-16-,20-17-,27-25-,28-26-,33-31-,36-35-,39-38-,41-32-,43-42-,48-46-,49-47-,56-53-,58-55-. The summed E-state index contributed by atoms with van der Waals surface area (Å²) in [4.78, 5) is 38.2. The molecule has 0 fully saturated rings. The summed E-state index contributed by atoms with van der Waals surface area (Å²) in [6.07, 6.45) is 99.0. The number of hydrogen-bond acceptors (Lipinski definition) is 6. The molecule has 0 saturated carbocycles. The Kier molecular flexibility index (Phi) is 61.5. The van der Waals surface area contributed by atoms with Crippen molar-refractivity contribution in [2.75, 3.05) is 13.2 Å². The molecule has 0 aliphatic rings. The van der Waals surface area contributed by atoms with Gasteiger partial charge in [0, 0.05) is 19.3 Å². The maximum Gasteiger partial charge on any atom is 0.306 e. The molecular weight excluding hydrogens is 985 g/mol. The van der Waals surface area contributed by atoms with Gasteiger partial charge in [-0.1, -0.05) is 274 Å². The van der Waals surface area contributed by atoms with Gasteiger partial charge in [-0.2, -0.15) is 0 Å². The molecule has 1 atom stereocenters. The van der Waals surface area contributed by atoms with E-state index in [4.69, 9.17) is 14.2 Å². The van der Waals surface area contributed by atoms with Gasteiger partial charge >= 0.3 is 17.9 Å². The van der Waals surface area contributed by atoms with E-state index in [0.29, 0.717) is 19.3 Å². The van der Waals surface area contributed by atoms with Gasteiger partial charge in [0.15, 0.2) is 6.10 Å². The van der Waals surface area contributed by atoms with E-state index in [-0.39, 0.29) is 44.0 Å². The minimum Gasteiger partial charge on any atom is -0.462 e. The molecule has 0 aromatic rings. The zero-order valence-electron chi connectivity index (χ0n) is 51.0. The lowest BCUT2D eigenvalue weighted by molar-refractivity contribution is -0.167. The normalized spacial score (nSPS) is 13.4. The maximum absolute atomic E-state index is 12.9. The van der Waals surface area contributed by atoms with Crippen molar-refractivity contribution in [3.63, 3.8) is 0 Å². The van der Waals surface area contributed by atoms with Crippen molar-refractivity contribution in [3.8, 4) is 0 Å². The van der Waals surface area contributed by atoms with Crippen LogP contribution < -0.4 is 0 Å². The lowest BCUT2D eigenvalue weighted by Gasteiger charge is -2.18. The first-order valence-corrected chi connectivity index (χ1v) is 31.8. The van der Waals surface area contributed by atoms with Gasteiger partial charge in [0.2, 0.25) is 0 Å². The summed E-state index contributed by atoms with van der Waals surface area (Å²) in [5, 5.41) is 0. The summed E-state index contributed by atoms with van der Waals surface area (Å²) in [7, 11) is 0. The Labute approximate surface area is 491 Å². The van der Waals surface area contributed by atoms with Crippen LogP contribution in [0.4, 0.5) is 0 Å². The number of ether oxygens (including phenoxy) is 3. The van der Waals surface area contributed by atoms with Crippen LogP contribution in [0.3, 0.4) is 0 Å². The molecule has 80 heavy (non-hydrogen) atoms. The van der Waals surface area contributed by atoms with Gasteiger partial charge in [-0.05, 0) is 135 Å². The first-order chi connectivity index (χ1) is 39.5. The molecule has 0 aromatic carbocycles. The number of rotatable bonds is 55. The number of carbonyl (C=O) groups is 3. The van der Waals surface area contributed by atoms with Gasteiger partial charge in [-0.25, -0.2) is 0 Å². The smallest absolute Gasteiger partial charge is 0.306 e. The fourth-order valence-electron chi connectivity index (χ4n) is 7.98. The van der Waals surface area contributed by atoms with Gasteiger partial charge in [0.25, 0.3) is 0 Å². The third-order valence-electron chi connectivity index (χ3n) is 12.7. The molecule has 0 rings (SSSR count). The van der Waals surface area contributed by atoms with E-state index in [9.17, 15) is 14.4 Å². The monoisotopic (exact) mass is 1100 g/mol. The lowest BCUT2D eigenvalue weighted by Crippen LogP contribution is -2.30. The Morgan fingerprint density at radius 3 is 0.812 bits per heavy atom. The molecule has 0 aliphatic carbocycles. The van der Waals surface area contributed by atoms with Crippen LogP contribution in [0.25, 0.3) is 0 Å². The van der Waals surface area contributed by atoms with E-state index in [0.717, 1.165) is 135 Å². The van der Waals surface area contributed by atoms with E-state index in [2.05, 4.69) is 203 Å². The number of esters is 3. The third-order valence-corrected chi connectivity index (χ3v) is 12.7. The van der Waals surface area contributed by atoms with Gasteiger partial charge < -0.3 is 14.2 Å². The zero-order chi connectivity index (χ0) is 57.8. The van der Waals surface area contributed by atoms with E-state index in [1.54, 1.807) is 0 Å². The fraction of sp³-hybridized carbons (Fsp3) is 0.554. The molecule has 446 valence electrons. The van der Waals surface area contributed by atoms with Crippen LogP contribution in [-0.4, -0.2) is 37.2 Å². The Bertz CT molecular complexity index is 1890.